The van der Waals surface area contributed by atoms with Crippen molar-refractivity contribution in [3.05, 3.63) is 80.8 Å². The molecule has 0 aliphatic rings. The summed E-state index contributed by atoms with van der Waals surface area (Å²) in [5.41, 5.74) is 2.46. The molecular weight excluding hydrogens is 636 g/mol. The Bertz CT molecular complexity index is 2040. The second-order valence-electron chi connectivity index (χ2n) is 12.6. The van der Waals surface area contributed by atoms with Crippen LogP contribution in [0.2, 0.25) is 26.2 Å². The van der Waals surface area contributed by atoms with E-state index in [1.807, 2.05) is 38.1 Å². The number of tetrazole rings is 1. The van der Waals surface area contributed by atoms with Crippen LogP contribution in [0.1, 0.15) is 43.5 Å². The van der Waals surface area contributed by atoms with Crippen molar-refractivity contribution in [3.8, 4) is 11.5 Å². The lowest BCUT2D eigenvalue weighted by molar-refractivity contribution is -0.135. The number of amides is 2. The summed E-state index contributed by atoms with van der Waals surface area (Å²) in [5.74, 6) is -2.92. The van der Waals surface area contributed by atoms with Crippen molar-refractivity contribution in [2.24, 2.45) is 0 Å². The molecule has 0 saturated heterocycles. The molecule has 6 N–H and O–H groups in total. The quantitative estimate of drug-likeness (QED) is 0.143. The molecule has 0 bridgehead atoms. The number of carbonyl (C=O) groups is 3. The number of aromatic amines is 1. The number of nitrogens with one attached hydrogen (secondary N) is 3. The van der Waals surface area contributed by atoms with Crippen LogP contribution in [-0.4, -0.2) is 77.9 Å². The molecule has 0 unspecified atom stereocenters. The zero-order valence-corrected chi connectivity index (χ0v) is 29.1. The summed E-state index contributed by atoms with van der Waals surface area (Å²) >= 11 is 0. The first-order valence-electron chi connectivity index (χ1n) is 14.8. The van der Waals surface area contributed by atoms with Crippen molar-refractivity contribution in [3.63, 3.8) is 0 Å². The average molecular weight is 677 g/mol. The largest absolute Gasteiger partial charge is 0.505 e. The lowest BCUT2D eigenvalue weighted by Gasteiger charge is -2.10. The minimum absolute atomic E-state index is 0.101. The maximum atomic E-state index is 12.2. The Morgan fingerprint density at radius 1 is 0.771 bits per heavy atom. The number of aryl methyl sites for hydroxylation is 4. The number of pyridine rings is 2. The zero-order valence-electron chi connectivity index (χ0n) is 28.1. The SMILES string of the molecule is C[Si](C)(C)C.Cc1ccc2c(O)c(C(=O)NCC(=O)O)nc(C)c2c1.Cc1ccc2c(O)c(C(=O)NCn3nn[nH]c3=O)nc(C)c2c1. The topological polar surface area (TPSA) is 225 Å². The Hall–Kier alpha value is -5.64. The highest BCUT2D eigenvalue weighted by molar-refractivity contribution is 6.74. The van der Waals surface area contributed by atoms with Crippen LogP contribution in [0.3, 0.4) is 0 Å². The zero-order chi connectivity index (χ0) is 35.9. The van der Waals surface area contributed by atoms with Crippen molar-refractivity contribution in [1.29, 1.82) is 0 Å². The normalized spacial score (nSPS) is 10.8. The van der Waals surface area contributed by atoms with Crippen LogP contribution in [0.25, 0.3) is 21.5 Å². The third-order valence-electron chi connectivity index (χ3n) is 6.40. The van der Waals surface area contributed by atoms with Crippen LogP contribution < -0.4 is 16.3 Å². The Morgan fingerprint density at radius 2 is 1.21 bits per heavy atom. The summed E-state index contributed by atoms with van der Waals surface area (Å²) in [6.45, 7) is 16.0. The molecule has 254 valence electrons. The first-order valence-corrected chi connectivity index (χ1v) is 18.8. The number of carbonyl (C=O) groups excluding carboxylic acids is 2. The van der Waals surface area contributed by atoms with Gasteiger partial charge in [0, 0.05) is 41.0 Å². The van der Waals surface area contributed by atoms with E-state index < -0.39 is 38.1 Å². The van der Waals surface area contributed by atoms with E-state index in [0.717, 1.165) is 26.6 Å². The highest BCUT2D eigenvalue weighted by Crippen LogP contribution is 2.31. The molecule has 0 aliphatic carbocycles. The minimum Gasteiger partial charge on any atom is -0.505 e. The lowest BCUT2D eigenvalue weighted by atomic mass is 10.0. The van der Waals surface area contributed by atoms with E-state index in [2.05, 4.69) is 62.3 Å². The summed E-state index contributed by atoms with van der Waals surface area (Å²) < 4.78 is 0.937. The van der Waals surface area contributed by atoms with Gasteiger partial charge >= 0.3 is 11.7 Å². The summed E-state index contributed by atoms with van der Waals surface area (Å²) in [6.07, 6.45) is 0. The van der Waals surface area contributed by atoms with Gasteiger partial charge in [-0.15, -0.1) is 0 Å². The molecule has 16 heteroatoms. The molecular formula is C32H40N8O7Si. The summed E-state index contributed by atoms with van der Waals surface area (Å²) in [4.78, 5) is 54.0. The maximum Gasteiger partial charge on any atom is 0.362 e. The number of aliphatic carboxylic acids is 1. The molecule has 5 aromatic rings. The van der Waals surface area contributed by atoms with Crippen LogP contribution in [0.5, 0.6) is 11.5 Å². The van der Waals surface area contributed by atoms with Gasteiger partial charge in [-0.2, -0.15) is 4.68 Å². The molecule has 0 radical (unpaired) electrons. The van der Waals surface area contributed by atoms with Gasteiger partial charge in [0.15, 0.2) is 22.9 Å². The van der Waals surface area contributed by atoms with Crippen LogP contribution in [0, 0.1) is 27.7 Å². The summed E-state index contributed by atoms with van der Waals surface area (Å²) in [5, 5.41) is 45.2. The number of carboxylic acids is 1. The molecule has 3 aromatic heterocycles. The number of fused-ring (bicyclic) bond motifs is 2. The fraction of sp³-hybridized carbons (Fsp3) is 0.312. The van der Waals surface area contributed by atoms with E-state index in [1.165, 1.54) is 0 Å². The Morgan fingerprint density at radius 3 is 1.60 bits per heavy atom. The predicted octanol–water partition coefficient (Wildman–Crippen LogP) is 3.55. The Labute approximate surface area is 277 Å². The highest BCUT2D eigenvalue weighted by Gasteiger charge is 2.19. The van der Waals surface area contributed by atoms with Crippen LogP contribution >= 0.6 is 0 Å². The third-order valence-corrected chi connectivity index (χ3v) is 6.40. The van der Waals surface area contributed by atoms with Crippen LogP contribution in [-0.2, 0) is 11.5 Å². The molecule has 2 amide bonds. The second kappa shape index (κ2) is 15.3. The first-order chi connectivity index (χ1) is 22.4. The number of aromatic hydroxyl groups is 2. The van der Waals surface area contributed by atoms with E-state index in [1.54, 1.807) is 26.0 Å². The fourth-order valence-electron chi connectivity index (χ4n) is 4.25. The van der Waals surface area contributed by atoms with Gasteiger partial charge in [0.25, 0.3) is 11.8 Å². The van der Waals surface area contributed by atoms with E-state index in [9.17, 15) is 29.4 Å². The fourth-order valence-corrected chi connectivity index (χ4v) is 4.25. The van der Waals surface area contributed by atoms with Gasteiger partial charge < -0.3 is 26.0 Å². The number of hydrogen-bond donors (Lipinski definition) is 6. The molecule has 0 aliphatic heterocycles. The summed E-state index contributed by atoms with van der Waals surface area (Å²) in [7, 11) is -0.611. The van der Waals surface area contributed by atoms with Crippen LogP contribution in [0.4, 0.5) is 0 Å². The van der Waals surface area contributed by atoms with Gasteiger partial charge in [0.05, 0.1) is 0 Å². The maximum absolute atomic E-state index is 12.2. The van der Waals surface area contributed by atoms with Crippen molar-refractivity contribution in [1.82, 2.24) is 40.8 Å². The van der Waals surface area contributed by atoms with Gasteiger partial charge in [-0.1, -0.05) is 61.6 Å². The number of aromatic nitrogens is 6. The van der Waals surface area contributed by atoms with E-state index >= 15 is 0 Å². The first kappa shape index (κ1) is 36.8. The van der Waals surface area contributed by atoms with E-state index in [0.29, 0.717) is 22.2 Å². The number of rotatable bonds is 6. The number of benzene rings is 2. The van der Waals surface area contributed by atoms with Gasteiger partial charge in [0.1, 0.15) is 13.2 Å². The van der Waals surface area contributed by atoms with Crippen molar-refractivity contribution < 1.29 is 29.7 Å². The highest BCUT2D eigenvalue weighted by atomic mass is 28.3. The van der Waals surface area contributed by atoms with E-state index in [4.69, 9.17) is 5.11 Å². The van der Waals surface area contributed by atoms with Gasteiger partial charge in [-0.25, -0.2) is 19.9 Å². The number of carboxylic acid groups (broad SMARTS) is 1. The standard InChI is InChI=1S/C14H14N6O3.C14H14N2O4.C4H12Si/c1-7-3-4-9-10(5-7)8(2)16-11(12(9)21)13(22)15-6-20-14(23)17-18-19-20;1-7-3-4-9-10(5-7)8(2)16-12(13(9)19)14(20)15-6-11(17)18;1-5(2,3)4/h3-5,21H,6H2,1-2H3,(H,15,22)(H,17,19,23);3-5,19H,6H2,1-2H3,(H,15,20)(H,17,18);1-4H3. The van der Waals surface area contributed by atoms with Gasteiger partial charge in [0.2, 0.25) is 0 Å². The van der Waals surface area contributed by atoms with Crippen LogP contribution in [0.15, 0.2) is 41.2 Å². The number of nitrogens with zero attached hydrogens (tertiary/aromatic N) is 5. The molecule has 5 rings (SSSR count). The molecule has 0 spiro atoms. The van der Waals surface area contributed by atoms with Gasteiger partial charge in [-0.3, -0.25) is 14.4 Å². The van der Waals surface area contributed by atoms with Crippen molar-refractivity contribution in [2.45, 2.75) is 60.6 Å². The number of hydrogen-bond acceptors (Lipinski definition) is 10. The Kier molecular flexibility index (Phi) is 11.7. The monoisotopic (exact) mass is 676 g/mol. The minimum atomic E-state index is -1.16. The van der Waals surface area contributed by atoms with Crippen molar-refractivity contribution in [2.75, 3.05) is 6.54 Å². The van der Waals surface area contributed by atoms with Crippen molar-refractivity contribution >= 4 is 47.4 Å². The van der Waals surface area contributed by atoms with E-state index in [-0.39, 0.29) is 29.6 Å². The van der Waals surface area contributed by atoms with Gasteiger partial charge in [-0.05, 0) is 50.3 Å². The summed E-state index contributed by atoms with van der Waals surface area (Å²) in [6, 6.07) is 10.9. The Balaban J connectivity index is 0.000000230. The molecule has 0 saturated carbocycles. The number of H-pyrrole nitrogens is 1. The molecule has 0 atom stereocenters. The predicted molar refractivity (Wildman–Crippen MR) is 183 cm³/mol. The smallest absolute Gasteiger partial charge is 0.362 e. The molecule has 48 heavy (non-hydrogen) atoms. The average Bonchev–Trinajstić information content (AvgIpc) is 3.42. The third kappa shape index (κ3) is 9.68. The molecule has 3 heterocycles. The second-order valence-corrected chi connectivity index (χ2v) is 18.6. The molecule has 15 nitrogen and oxygen atoms in total. The molecule has 0 fully saturated rings. The lowest BCUT2D eigenvalue weighted by Crippen LogP contribution is -2.32. The molecule has 2 aromatic carbocycles.